The molecule has 9 nitrogen and oxygen atoms in total. The number of benzene rings is 3. The number of ether oxygens (including phenoxy) is 2. The second kappa shape index (κ2) is 13.9. The van der Waals surface area contributed by atoms with E-state index in [0.29, 0.717) is 5.75 Å². The molecule has 12 heteroatoms. The van der Waals surface area contributed by atoms with Crippen LogP contribution in [-0.2, 0) is 26.2 Å². The van der Waals surface area contributed by atoms with Crippen LogP contribution in [0.5, 0.6) is 11.5 Å². The zero-order valence-electron chi connectivity index (χ0n) is 24.3. The van der Waals surface area contributed by atoms with Gasteiger partial charge in [-0.1, -0.05) is 31.0 Å². The summed E-state index contributed by atoms with van der Waals surface area (Å²) >= 11 is 0. The normalized spacial score (nSPS) is 14.2. The average Bonchev–Trinajstić information content (AvgIpc) is 3.52. The maximum atomic E-state index is 14.7. The molecular weight excluding hydrogens is 580 g/mol. The van der Waals surface area contributed by atoms with Crippen LogP contribution in [-0.4, -0.2) is 58.0 Å². The molecule has 0 aromatic heterocycles. The van der Waals surface area contributed by atoms with Crippen LogP contribution < -0.4 is 19.1 Å². The van der Waals surface area contributed by atoms with Gasteiger partial charge in [-0.05, 0) is 62.2 Å². The van der Waals surface area contributed by atoms with E-state index in [1.54, 1.807) is 6.07 Å². The molecule has 0 heterocycles. The summed E-state index contributed by atoms with van der Waals surface area (Å²) in [6, 6.07) is 13.4. The Morgan fingerprint density at radius 1 is 0.953 bits per heavy atom. The van der Waals surface area contributed by atoms with Gasteiger partial charge < -0.3 is 19.7 Å². The number of sulfonamides is 1. The summed E-state index contributed by atoms with van der Waals surface area (Å²) in [5, 5.41) is 2.96. The topological polar surface area (TPSA) is 105 Å². The number of rotatable bonds is 12. The fourth-order valence-corrected chi connectivity index (χ4v) is 6.46. The van der Waals surface area contributed by atoms with Gasteiger partial charge in [-0.2, -0.15) is 0 Å². The molecule has 4 rings (SSSR count). The second-order valence-corrected chi connectivity index (χ2v) is 12.1. The maximum absolute atomic E-state index is 14.7. The molecule has 230 valence electrons. The molecule has 0 bridgehead atoms. The van der Waals surface area contributed by atoms with Gasteiger partial charge in [0.1, 0.15) is 24.2 Å². The Balaban J connectivity index is 1.72. The Morgan fingerprint density at radius 2 is 1.60 bits per heavy atom. The quantitative estimate of drug-likeness (QED) is 0.318. The molecule has 0 spiro atoms. The van der Waals surface area contributed by atoms with Crippen molar-refractivity contribution in [3.8, 4) is 11.5 Å². The standard InChI is InChI=1S/C31H35F2N3O6S/c1-21(31(38)34-24-9-5-6-10-24)35(19-22-8-4-7-11-27(22)33)30(37)20-36(25-14-12-23(32)13-15-25)43(39,40)26-16-17-28(41-2)29(18-26)42-3/h4,7-8,11-18,21,24H,5-6,9-10,19-20H2,1-3H3,(H,34,38)/t21-/m0/s1. The summed E-state index contributed by atoms with van der Waals surface area (Å²) in [4.78, 5) is 28.2. The molecular formula is C31H35F2N3O6S. The van der Waals surface area contributed by atoms with Crippen molar-refractivity contribution < 1.29 is 36.3 Å². The number of carbonyl (C=O) groups is 2. The molecule has 3 aromatic carbocycles. The number of hydrogen-bond donors (Lipinski definition) is 1. The van der Waals surface area contributed by atoms with Gasteiger partial charge in [0.25, 0.3) is 10.0 Å². The molecule has 1 atom stereocenters. The molecule has 0 saturated heterocycles. The Kier molecular flexibility index (Phi) is 10.2. The number of hydrogen-bond acceptors (Lipinski definition) is 6. The van der Waals surface area contributed by atoms with Crippen molar-refractivity contribution in [2.24, 2.45) is 0 Å². The third-order valence-electron chi connectivity index (χ3n) is 7.50. The van der Waals surface area contributed by atoms with Crippen LogP contribution >= 0.6 is 0 Å². The Bertz CT molecular complexity index is 1550. The van der Waals surface area contributed by atoms with Gasteiger partial charge >= 0.3 is 0 Å². The highest BCUT2D eigenvalue weighted by atomic mass is 32.2. The number of nitrogens with zero attached hydrogens (tertiary/aromatic N) is 2. The molecule has 2 amide bonds. The van der Waals surface area contributed by atoms with Crippen molar-refractivity contribution in [1.29, 1.82) is 0 Å². The van der Waals surface area contributed by atoms with E-state index in [-0.39, 0.29) is 34.5 Å². The number of methoxy groups -OCH3 is 2. The van der Waals surface area contributed by atoms with Crippen molar-refractivity contribution in [2.45, 2.75) is 56.1 Å². The number of anilines is 1. The fourth-order valence-electron chi connectivity index (χ4n) is 5.03. The van der Waals surface area contributed by atoms with Crippen molar-refractivity contribution >= 4 is 27.5 Å². The number of amides is 2. The summed E-state index contributed by atoms with van der Waals surface area (Å²) in [5.74, 6) is -1.91. The van der Waals surface area contributed by atoms with E-state index in [1.807, 2.05) is 0 Å². The van der Waals surface area contributed by atoms with Gasteiger partial charge in [-0.25, -0.2) is 17.2 Å². The van der Waals surface area contributed by atoms with E-state index in [0.717, 1.165) is 47.0 Å². The van der Waals surface area contributed by atoms with Gasteiger partial charge in [0.05, 0.1) is 24.8 Å². The molecule has 1 aliphatic rings. The van der Waals surface area contributed by atoms with E-state index in [2.05, 4.69) is 5.32 Å². The Morgan fingerprint density at radius 3 is 2.23 bits per heavy atom. The third kappa shape index (κ3) is 7.42. The first kappa shape index (κ1) is 31.7. The third-order valence-corrected chi connectivity index (χ3v) is 9.27. The van der Waals surface area contributed by atoms with Gasteiger partial charge in [-0.15, -0.1) is 0 Å². The van der Waals surface area contributed by atoms with Crippen LogP contribution in [0, 0.1) is 11.6 Å². The summed E-state index contributed by atoms with van der Waals surface area (Å²) in [6.07, 6.45) is 3.61. The van der Waals surface area contributed by atoms with Crippen molar-refractivity contribution in [3.05, 3.63) is 83.9 Å². The monoisotopic (exact) mass is 615 g/mol. The molecule has 0 radical (unpaired) electrons. The molecule has 1 N–H and O–H groups in total. The largest absolute Gasteiger partial charge is 0.493 e. The number of carbonyl (C=O) groups excluding carboxylic acids is 2. The Labute approximate surface area is 250 Å². The average molecular weight is 616 g/mol. The SMILES string of the molecule is COc1ccc(S(=O)(=O)N(CC(=O)N(Cc2ccccc2F)[C@@H](C)C(=O)NC2CCCC2)c2ccc(F)cc2)cc1OC. The second-order valence-electron chi connectivity index (χ2n) is 10.3. The van der Waals surface area contributed by atoms with Crippen molar-refractivity contribution in [1.82, 2.24) is 10.2 Å². The van der Waals surface area contributed by atoms with Gasteiger partial charge in [0.2, 0.25) is 11.8 Å². The fraction of sp³-hybridized carbons (Fsp3) is 0.355. The first-order valence-electron chi connectivity index (χ1n) is 13.9. The first-order chi connectivity index (χ1) is 20.5. The van der Waals surface area contributed by atoms with Crippen LogP contribution in [0.25, 0.3) is 0 Å². The number of nitrogens with one attached hydrogen (secondary N) is 1. The van der Waals surface area contributed by atoms with E-state index >= 15 is 0 Å². The van der Waals surface area contributed by atoms with Crippen LogP contribution in [0.2, 0.25) is 0 Å². The zero-order chi connectivity index (χ0) is 31.1. The lowest BCUT2D eigenvalue weighted by Gasteiger charge is -2.32. The predicted octanol–water partition coefficient (Wildman–Crippen LogP) is 4.65. The molecule has 1 aliphatic carbocycles. The lowest BCUT2D eigenvalue weighted by atomic mass is 10.1. The lowest BCUT2D eigenvalue weighted by Crippen LogP contribution is -2.52. The molecule has 43 heavy (non-hydrogen) atoms. The highest BCUT2D eigenvalue weighted by Crippen LogP contribution is 2.32. The minimum atomic E-state index is -4.45. The summed E-state index contributed by atoms with van der Waals surface area (Å²) in [6.45, 7) is 0.490. The minimum Gasteiger partial charge on any atom is -0.493 e. The Hall–Kier alpha value is -4.19. The highest BCUT2D eigenvalue weighted by Gasteiger charge is 2.34. The van der Waals surface area contributed by atoms with Crippen LogP contribution in [0.4, 0.5) is 14.5 Å². The lowest BCUT2D eigenvalue weighted by molar-refractivity contribution is -0.139. The zero-order valence-corrected chi connectivity index (χ0v) is 25.1. The van der Waals surface area contributed by atoms with Gasteiger partial charge in [0, 0.05) is 24.2 Å². The molecule has 1 saturated carbocycles. The highest BCUT2D eigenvalue weighted by molar-refractivity contribution is 7.92. The van der Waals surface area contributed by atoms with Crippen molar-refractivity contribution in [2.75, 3.05) is 25.1 Å². The van der Waals surface area contributed by atoms with E-state index in [4.69, 9.17) is 9.47 Å². The maximum Gasteiger partial charge on any atom is 0.264 e. The van der Waals surface area contributed by atoms with Gasteiger partial charge in [0.15, 0.2) is 11.5 Å². The van der Waals surface area contributed by atoms with Crippen LogP contribution in [0.15, 0.2) is 71.6 Å². The van der Waals surface area contributed by atoms with E-state index in [9.17, 15) is 26.8 Å². The van der Waals surface area contributed by atoms with Crippen LogP contribution in [0.3, 0.4) is 0 Å². The minimum absolute atomic E-state index is 0.0124. The summed E-state index contributed by atoms with van der Waals surface area (Å²) < 4.78 is 67.9. The first-order valence-corrected chi connectivity index (χ1v) is 15.3. The molecule has 0 unspecified atom stereocenters. The van der Waals surface area contributed by atoms with Gasteiger partial charge in [-0.3, -0.25) is 13.9 Å². The number of halogens is 2. The molecule has 0 aliphatic heterocycles. The predicted molar refractivity (Wildman–Crippen MR) is 157 cm³/mol. The summed E-state index contributed by atoms with van der Waals surface area (Å²) in [5.41, 5.74) is 0.172. The molecule has 3 aromatic rings. The molecule has 1 fully saturated rings. The summed E-state index contributed by atoms with van der Waals surface area (Å²) in [7, 11) is -1.68. The van der Waals surface area contributed by atoms with E-state index < -0.39 is 46.1 Å². The smallest absolute Gasteiger partial charge is 0.264 e. The van der Waals surface area contributed by atoms with Crippen molar-refractivity contribution in [3.63, 3.8) is 0 Å². The van der Waals surface area contributed by atoms with E-state index in [1.165, 1.54) is 69.7 Å². The van der Waals surface area contributed by atoms with Crippen LogP contribution in [0.1, 0.15) is 38.2 Å².